The van der Waals surface area contributed by atoms with Crippen molar-refractivity contribution in [3.05, 3.63) is 28.2 Å². The van der Waals surface area contributed by atoms with Crippen LogP contribution in [0, 0.1) is 0 Å². The Morgan fingerprint density at radius 1 is 1.52 bits per heavy atom. The molecule has 1 fully saturated rings. The van der Waals surface area contributed by atoms with Gasteiger partial charge in [-0.3, -0.25) is 0 Å². The van der Waals surface area contributed by atoms with Crippen LogP contribution in [0.2, 0.25) is 0 Å². The van der Waals surface area contributed by atoms with Crippen LogP contribution in [-0.4, -0.2) is 44.6 Å². The van der Waals surface area contributed by atoms with E-state index in [2.05, 4.69) is 15.9 Å². The van der Waals surface area contributed by atoms with Gasteiger partial charge in [-0.15, -0.1) is 0 Å². The molecule has 8 heteroatoms. The number of benzene rings is 1. The van der Waals surface area contributed by atoms with Gasteiger partial charge in [0.25, 0.3) is 0 Å². The Labute approximate surface area is 131 Å². The zero-order valence-corrected chi connectivity index (χ0v) is 13.7. The molecule has 2 rings (SSSR count). The maximum atomic E-state index is 12.3. The van der Waals surface area contributed by atoms with Gasteiger partial charge in [0.2, 0.25) is 0 Å². The second-order valence-corrected chi connectivity index (χ2v) is 7.60. The molecule has 1 heterocycles. The Kier molecular flexibility index (Phi) is 5.03. The van der Waals surface area contributed by atoms with Crippen molar-refractivity contribution in [3.63, 3.8) is 0 Å². The summed E-state index contributed by atoms with van der Waals surface area (Å²) in [5.74, 6) is -0.771. The number of halogens is 1. The van der Waals surface area contributed by atoms with Crippen molar-refractivity contribution < 1.29 is 27.8 Å². The number of esters is 1. The van der Waals surface area contributed by atoms with Gasteiger partial charge in [-0.2, -0.15) is 0 Å². The van der Waals surface area contributed by atoms with E-state index in [-0.39, 0.29) is 30.3 Å². The summed E-state index contributed by atoms with van der Waals surface area (Å²) in [7, 11) is -3.48. The first-order valence-electron chi connectivity index (χ1n) is 6.33. The molecule has 0 saturated carbocycles. The molecular formula is C13H15BrO6S. The van der Waals surface area contributed by atoms with E-state index < -0.39 is 27.2 Å². The number of hydrogen-bond acceptors (Lipinski definition) is 6. The summed E-state index contributed by atoms with van der Waals surface area (Å²) in [6, 6.07) is 4.18. The van der Waals surface area contributed by atoms with Crippen molar-refractivity contribution in [1.82, 2.24) is 0 Å². The second kappa shape index (κ2) is 6.43. The first-order valence-corrected chi connectivity index (χ1v) is 8.67. The number of ether oxygens (including phenoxy) is 2. The normalized spacial score (nSPS) is 17.1. The van der Waals surface area contributed by atoms with E-state index in [1.165, 1.54) is 18.2 Å². The molecule has 1 unspecified atom stereocenters. The summed E-state index contributed by atoms with van der Waals surface area (Å²) in [6.45, 7) is 2.16. The lowest BCUT2D eigenvalue weighted by atomic mass is 10.1. The fourth-order valence-electron chi connectivity index (χ4n) is 1.85. The van der Waals surface area contributed by atoms with Gasteiger partial charge >= 0.3 is 5.97 Å². The number of sulfone groups is 1. The standard InChI is InChI=1S/C13H15BrO6S/c1-2-20-13(16)12(15)8-3-4-11(10(14)5-8)21(17,18)9-6-19-7-9/h3-5,9,12,15H,2,6-7H2,1H3. The van der Waals surface area contributed by atoms with Gasteiger partial charge in [-0.25, -0.2) is 13.2 Å². The third kappa shape index (κ3) is 3.28. The molecule has 0 amide bonds. The van der Waals surface area contributed by atoms with Gasteiger partial charge in [0, 0.05) is 4.47 Å². The summed E-state index contributed by atoms with van der Waals surface area (Å²) in [4.78, 5) is 11.6. The molecule has 0 aliphatic carbocycles. The van der Waals surface area contributed by atoms with E-state index >= 15 is 0 Å². The van der Waals surface area contributed by atoms with E-state index in [9.17, 15) is 18.3 Å². The lowest BCUT2D eigenvalue weighted by Crippen LogP contribution is -2.40. The summed E-state index contributed by atoms with van der Waals surface area (Å²) < 4.78 is 34.5. The number of rotatable bonds is 5. The lowest BCUT2D eigenvalue weighted by molar-refractivity contribution is -0.153. The molecule has 1 atom stereocenters. The fraction of sp³-hybridized carbons (Fsp3) is 0.462. The summed E-state index contributed by atoms with van der Waals surface area (Å²) in [5, 5.41) is 9.29. The van der Waals surface area contributed by atoms with Crippen LogP contribution in [0.1, 0.15) is 18.6 Å². The van der Waals surface area contributed by atoms with Crippen LogP contribution in [0.15, 0.2) is 27.6 Å². The van der Waals surface area contributed by atoms with E-state index in [1.54, 1.807) is 6.92 Å². The third-order valence-electron chi connectivity index (χ3n) is 3.13. The van der Waals surface area contributed by atoms with Gasteiger partial charge in [-0.05, 0) is 40.5 Å². The summed E-state index contributed by atoms with van der Waals surface area (Å²) >= 11 is 3.18. The third-order valence-corrected chi connectivity index (χ3v) is 6.17. The molecule has 1 aromatic carbocycles. The zero-order chi connectivity index (χ0) is 15.6. The number of carbonyl (C=O) groups is 1. The highest BCUT2D eigenvalue weighted by Crippen LogP contribution is 2.30. The number of aliphatic hydroxyl groups excluding tert-OH is 1. The van der Waals surface area contributed by atoms with Crippen molar-refractivity contribution in [2.45, 2.75) is 23.2 Å². The zero-order valence-electron chi connectivity index (χ0n) is 11.3. The number of carbonyl (C=O) groups excluding carboxylic acids is 1. The van der Waals surface area contributed by atoms with E-state index in [4.69, 9.17) is 9.47 Å². The molecule has 1 saturated heterocycles. The highest BCUT2D eigenvalue weighted by atomic mass is 79.9. The summed E-state index contributed by atoms with van der Waals surface area (Å²) in [5.41, 5.74) is 0.268. The first-order chi connectivity index (χ1) is 9.87. The van der Waals surface area contributed by atoms with Crippen LogP contribution in [0.5, 0.6) is 0 Å². The smallest absolute Gasteiger partial charge is 0.339 e. The quantitative estimate of drug-likeness (QED) is 0.774. The molecule has 116 valence electrons. The van der Waals surface area contributed by atoms with Crippen LogP contribution in [0.3, 0.4) is 0 Å². The molecule has 1 aliphatic rings. The maximum absolute atomic E-state index is 12.3. The molecule has 1 aromatic rings. The van der Waals surface area contributed by atoms with Gasteiger partial charge < -0.3 is 14.6 Å². The highest BCUT2D eigenvalue weighted by molar-refractivity contribution is 9.10. The molecule has 0 spiro atoms. The Bertz CT molecular complexity index is 638. The van der Waals surface area contributed by atoms with Crippen molar-refractivity contribution in [2.24, 2.45) is 0 Å². The van der Waals surface area contributed by atoms with Gasteiger partial charge in [0.15, 0.2) is 15.9 Å². The van der Waals surface area contributed by atoms with E-state index in [1.807, 2.05) is 0 Å². The molecule has 6 nitrogen and oxygen atoms in total. The SMILES string of the molecule is CCOC(=O)C(O)c1ccc(S(=O)(=O)C2COC2)c(Br)c1. The lowest BCUT2D eigenvalue weighted by Gasteiger charge is -2.26. The highest BCUT2D eigenvalue weighted by Gasteiger charge is 2.35. The minimum Gasteiger partial charge on any atom is -0.464 e. The monoisotopic (exact) mass is 378 g/mol. The van der Waals surface area contributed by atoms with Crippen LogP contribution < -0.4 is 0 Å². The molecule has 1 aliphatic heterocycles. The predicted octanol–water partition coefficient (Wildman–Crippen LogP) is 1.22. The molecular weight excluding hydrogens is 364 g/mol. The van der Waals surface area contributed by atoms with Gasteiger partial charge in [0.05, 0.1) is 24.7 Å². The Balaban J connectivity index is 2.27. The molecule has 1 N–H and O–H groups in total. The average molecular weight is 379 g/mol. The first kappa shape index (κ1) is 16.4. The van der Waals surface area contributed by atoms with Crippen molar-refractivity contribution in [1.29, 1.82) is 0 Å². The maximum Gasteiger partial charge on any atom is 0.339 e. The van der Waals surface area contributed by atoms with E-state index in [0.29, 0.717) is 4.47 Å². The Morgan fingerprint density at radius 2 is 2.19 bits per heavy atom. The van der Waals surface area contributed by atoms with Gasteiger partial charge in [-0.1, -0.05) is 6.07 Å². The molecule has 21 heavy (non-hydrogen) atoms. The minimum atomic E-state index is -3.48. The fourth-order valence-corrected chi connectivity index (χ4v) is 4.42. The minimum absolute atomic E-state index is 0.121. The molecule has 0 bridgehead atoms. The Morgan fingerprint density at radius 3 is 2.67 bits per heavy atom. The van der Waals surface area contributed by atoms with Gasteiger partial charge in [0.1, 0.15) is 5.25 Å². The molecule has 0 radical (unpaired) electrons. The van der Waals surface area contributed by atoms with Crippen LogP contribution in [-0.2, 0) is 24.1 Å². The van der Waals surface area contributed by atoms with Crippen molar-refractivity contribution in [2.75, 3.05) is 19.8 Å². The van der Waals surface area contributed by atoms with E-state index in [0.717, 1.165) is 0 Å². The average Bonchev–Trinajstić information content (AvgIpc) is 2.34. The Hall–Kier alpha value is -0.960. The second-order valence-electron chi connectivity index (χ2n) is 4.55. The van der Waals surface area contributed by atoms with Crippen molar-refractivity contribution in [3.8, 4) is 0 Å². The largest absolute Gasteiger partial charge is 0.464 e. The number of aliphatic hydroxyl groups is 1. The van der Waals surface area contributed by atoms with Crippen LogP contribution >= 0.6 is 15.9 Å². The van der Waals surface area contributed by atoms with Crippen LogP contribution in [0.25, 0.3) is 0 Å². The van der Waals surface area contributed by atoms with Crippen LogP contribution in [0.4, 0.5) is 0 Å². The summed E-state index contributed by atoms with van der Waals surface area (Å²) in [6.07, 6.45) is -1.44. The van der Waals surface area contributed by atoms with Crippen molar-refractivity contribution >= 4 is 31.7 Å². The molecule has 0 aromatic heterocycles. The topological polar surface area (TPSA) is 89.9 Å². The number of hydrogen-bond donors (Lipinski definition) is 1. The predicted molar refractivity (Wildman–Crippen MR) is 77.5 cm³/mol.